The largest absolute Gasteiger partial charge is 0.494 e. The van der Waals surface area contributed by atoms with E-state index in [2.05, 4.69) is 29.3 Å². The molecular formula is C26H34N2O4. The quantitative estimate of drug-likeness (QED) is 0.422. The summed E-state index contributed by atoms with van der Waals surface area (Å²) in [5, 5.41) is 2.99. The molecule has 1 amide bonds. The highest BCUT2D eigenvalue weighted by atomic mass is 16.5. The van der Waals surface area contributed by atoms with Crippen LogP contribution in [-0.2, 0) is 16.1 Å². The van der Waals surface area contributed by atoms with Crippen LogP contribution in [0.15, 0.2) is 48.5 Å². The molecule has 0 aromatic heterocycles. The van der Waals surface area contributed by atoms with Gasteiger partial charge in [-0.1, -0.05) is 25.5 Å². The average molecular weight is 439 g/mol. The molecule has 172 valence electrons. The van der Waals surface area contributed by atoms with Crippen LogP contribution in [0.25, 0.3) is 0 Å². The van der Waals surface area contributed by atoms with Crippen LogP contribution in [0, 0.1) is 5.92 Å². The fraction of sp³-hybridized carbons (Fsp3) is 0.462. The van der Waals surface area contributed by atoms with Crippen molar-refractivity contribution >= 4 is 17.6 Å². The number of ether oxygens (including phenoxy) is 2. The summed E-state index contributed by atoms with van der Waals surface area (Å²) in [5.74, 6) is 0.621. The number of amides is 1. The summed E-state index contributed by atoms with van der Waals surface area (Å²) in [5.41, 5.74) is 2.43. The van der Waals surface area contributed by atoms with Crippen molar-refractivity contribution < 1.29 is 19.1 Å². The van der Waals surface area contributed by atoms with Gasteiger partial charge in [-0.2, -0.15) is 0 Å². The zero-order valence-corrected chi connectivity index (χ0v) is 19.1. The first kappa shape index (κ1) is 23.8. The van der Waals surface area contributed by atoms with Crippen molar-refractivity contribution in [1.29, 1.82) is 0 Å². The van der Waals surface area contributed by atoms with Gasteiger partial charge in [-0.05, 0) is 81.2 Å². The molecule has 0 spiro atoms. The van der Waals surface area contributed by atoms with E-state index in [0.29, 0.717) is 24.5 Å². The number of piperidine rings is 1. The number of rotatable bonds is 10. The maximum Gasteiger partial charge on any atom is 0.338 e. The molecule has 32 heavy (non-hydrogen) atoms. The Bertz CT molecular complexity index is 874. The lowest BCUT2D eigenvalue weighted by molar-refractivity contribution is -0.121. The molecule has 0 unspecified atom stereocenters. The molecule has 0 saturated carbocycles. The van der Waals surface area contributed by atoms with Crippen molar-refractivity contribution in [2.45, 2.75) is 46.1 Å². The SMILES string of the molecule is CCCCOC(=O)c1ccc(NC(=O)C2CCN(Cc3cccc(OCC)c3)CC2)cc1. The fourth-order valence-electron chi connectivity index (χ4n) is 3.84. The van der Waals surface area contributed by atoms with Crippen molar-refractivity contribution in [3.8, 4) is 5.75 Å². The van der Waals surface area contributed by atoms with E-state index in [1.165, 1.54) is 5.56 Å². The fourth-order valence-corrected chi connectivity index (χ4v) is 3.84. The highest BCUT2D eigenvalue weighted by Gasteiger charge is 2.25. The Morgan fingerprint density at radius 3 is 2.50 bits per heavy atom. The standard InChI is InChI=1S/C26H34N2O4/c1-3-5-17-32-26(30)22-9-11-23(12-10-22)27-25(29)21-13-15-28(16-14-21)19-20-7-6-8-24(18-20)31-4-2/h6-12,18,21H,3-5,13-17,19H2,1-2H3,(H,27,29). The number of carbonyl (C=O) groups is 2. The topological polar surface area (TPSA) is 67.9 Å². The highest BCUT2D eigenvalue weighted by Crippen LogP contribution is 2.22. The Morgan fingerprint density at radius 2 is 1.81 bits per heavy atom. The molecule has 6 heteroatoms. The first-order valence-corrected chi connectivity index (χ1v) is 11.6. The number of nitrogens with zero attached hydrogens (tertiary/aromatic N) is 1. The van der Waals surface area contributed by atoms with Crippen LogP contribution in [0.5, 0.6) is 5.75 Å². The number of hydrogen-bond donors (Lipinski definition) is 1. The molecule has 0 bridgehead atoms. The molecule has 3 rings (SSSR count). The molecule has 1 N–H and O–H groups in total. The van der Waals surface area contributed by atoms with E-state index in [1.54, 1.807) is 24.3 Å². The Morgan fingerprint density at radius 1 is 1.06 bits per heavy atom. The number of nitrogens with one attached hydrogen (secondary N) is 1. The Hall–Kier alpha value is -2.86. The third kappa shape index (κ3) is 7.09. The van der Waals surface area contributed by atoms with Gasteiger partial charge in [0, 0.05) is 18.2 Å². The zero-order chi connectivity index (χ0) is 22.8. The van der Waals surface area contributed by atoms with Crippen molar-refractivity contribution in [1.82, 2.24) is 4.90 Å². The maximum atomic E-state index is 12.7. The van der Waals surface area contributed by atoms with Crippen molar-refractivity contribution in [3.05, 3.63) is 59.7 Å². The third-order valence-corrected chi connectivity index (χ3v) is 5.69. The molecule has 2 aromatic carbocycles. The molecule has 0 radical (unpaired) electrons. The van der Waals surface area contributed by atoms with Crippen LogP contribution in [0.1, 0.15) is 55.5 Å². The zero-order valence-electron chi connectivity index (χ0n) is 19.1. The number of esters is 1. The summed E-state index contributed by atoms with van der Waals surface area (Å²) < 4.78 is 10.8. The van der Waals surface area contributed by atoms with E-state index in [1.807, 2.05) is 19.1 Å². The molecule has 1 fully saturated rings. The second-order valence-corrected chi connectivity index (χ2v) is 8.19. The maximum absolute atomic E-state index is 12.7. The van der Waals surface area contributed by atoms with Gasteiger partial charge in [0.05, 0.1) is 18.8 Å². The number of unbranched alkanes of at least 4 members (excludes halogenated alkanes) is 1. The van der Waals surface area contributed by atoms with E-state index in [4.69, 9.17) is 9.47 Å². The lowest BCUT2D eigenvalue weighted by atomic mass is 9.95. The first-order valence-electron chi connectivity index (χ1n) is 11.6. The molecule has 1 saturated heterocycles. The minimum absolute atomic E-state index is 0.000283. The summed E-state index contributed by atoms with van der Waals surface area (Å²) in [6.07, 6.45) is 3.51. The summed E-state index contributed by atoms with van der Waals surface area (Å²) in [4.78, 5) is 27.1. The first-order chi connectivity index (χ1) is 15.6. The number of anilines is 1. The average Bonchev–Trinajstić information content (AvgIpc) is 2.80. The van der Waals surface area contributed by atoms with Gasteiger partial charge >= 0.3 is 5.97 Å². The van der Waals surface area contributed by atoms with Crippen molar-refractivity contribution in [3.63, 3.8) is 0 Å². The minimum atomic E-state index is -0.324. The third-order valence-electron chi connectivity index (χ3n) is 5.69. The van der Waals surface area contributed by atoms with Gasteiger partial charge in [0.2, 0.25) is 5.91 Å². The van der Waals surface area contributed by atoms with Crippen LogP contribution < -0.4 is 10.1 Å². The van der Waals surface area contributed by atoms with Crippen molar-refractivity contribution in [2.75, 3.05) is 31.6 Å². The van der Waals surface area contributed by atoms with Gasteiger partial charge in [-0.15, -0.1) is 0 Å². The van der Waals surface area contributed by atoms with Gasteiger partial charge in [-0.3, -0.25) is 9.69 Å². The van der Waals surface area contributed by atoms with Crippen LogP contribution in [-0.4, -0.2) is 43.1 Å². The van der Waals surface area contributed by atoms with Gasteiger partial charge in [0.25, 0.3) is 0 Å². The minimum Gasteiger partial charge on any atom is -0.494 e. The molecule has 2 aromatic rings. The summed E-state index contributed by atoms with van der Waals surface area (Å²) in [7, 11) is 0. The Balaban J connectivity index is 1.44. The second-order valence-electron chi connectivity index (χ2n) is 8.19. The molecular weight excluding hydrogens is 404 g/mol. The summed E-state index contributed by atoms with van der Waals surface area (Å²) >= 11 is 0. The molecule has 0 aliphatic carbocycles. The monoisotopic (exact) mass is 438 g/mol. The lowest BCUT2D eigenvalue weighted by Gasteiger charge is -2.31. The van der Waals surface area contributed by atoms with Gasteiger partial charge in [-0.25, -0.2) is 4.79 Å². The number of hydrogen-bond acceptors (Lipinski definition) is 5. The summed E-state index contributed by atoms with van der Waals surface area (Å²) in [6, 6.07) is 15.1. The van der Waals surface area contributed by atoms with Crippen LogP contribution in [0.2, 0.25) is 0 Å². The molecule has 1 heterocycles. The normalized spacial score (nSPS) is 14.7. The number of benzene rings is 2. The Kier molecular flexibility index (Phi) is 9.11. The van der Waals surface area contributed by atoms with Crippen LogP contribution >= 0.6 is 0 Å². The van der Waals surface area contributed by atoms with E-state index in [9.17, 15) is 9.59 Å². The van der Waals surface area contributed by atoms with E-state index in [-0.39, 0.29) is 17.8 Å². The predicted octanol–water partition coefficient (Wildman–Crippen LogP) is 4.89. The van der Waals surface area contributed by atoms with Gasteiger partial charge < -0.3 is 14.8 Å². The second kappa shape index (κ2) is 12.2. The highest BCUT2D eigenvalue weighted by molar-refractivity contribution is 5.94. The van der Waals surface area contributed by atoms with Crippen LogP contribution in [0.3, 0.4) is 0 Å². The van der Waals surface area contributed by atoms with Gasteiger partial charge in [0.15, 0.2) is 0 Å². The molecule has 0 atom stereocenters. The Labute approximate surface area is 190 Å². The number of carbonyl (C=O) groups excluding carboxylic acids is 2. The number of likely N-dealkylation sites (tertiary alicyclic amines) is 1. The van der Waals surface area contributed by atoms with E-state index in [0.717, 1.165) is 51.1 Å². The van der Waals surface area contributed by atoms with Crippen molar-refractivity contribution in [2.24, 2.45) is 5.92 Å². The lowest BCUT2D eigenvalue weighted by Crippen LogP contribution is -2.37. The van der Waals surface area contributed by atoms with Gasteiger partial charge in [0.1, 0.15) is 5.75 Å². The van der Waals surface area contributed by atoms with Crippen LogP contribution in [0.4, 0.5) is 5.69 Å². The summed E-state index contributed by atoms with van der Waals surface area (Å²) in [6.45, 7) is 7.78. The molecule has 1 aliphatic heterocycles. The van der Waals surface area contributed by atoms with E-state index >= 15 is 0 Å². The predicted molar refractivity (Wildman–Crippen MR) is 126 cm³/mol. The van der Waals surface area contributed by atoms with E-state index < -0.39 is 0 Å². The molecule has 6 nitrogen and oxygen atoms in total. The smallest absolute Gasteiger partial charge is 0.338 e. The molecule has 1 aliphatic rings.